The van der Waals surface area contributed by atoms with Gasteiger partial charge in [0.2, 0.25) is 0 Å². The number of aromatic nitrogens is 4. The van der Waals surface area contributed by atoms with Crippen LogP contribution >= 0.6 is 11.3 Å². The van der Waals surface area contributed by atoms with E-state index in [-0.39, 0.29) is 0 Å². The van der Waals surface area contributed by atoms with Crippen LogP contribution in [-0.4, -0.2) is 19.5 Å². The Morgan fingerprint density at radius 2 is 1.90 bits per heavy atom. The third-order valence-electron chi connectivity index (χ3n) is 3.87. The Labute approximate surface area is 127 Å². The van der Waals surface area contributed by atoms with Crippen LogP contribution in [0.3, 0.4) is 0 Å². The lowest BCUT2D eigenvalue weighted by atomic mass is 10.2. The molecule has 3 aromatic rings. The summed E-state index contributed by atoms with van der Waals surface area (Å²) in [4.78, 5) is 13.4. The molecule has 0 aliphatic rings. The zero-order valence-electron chi connectivity index (χ0n) is 12.8. The van der Waals surface area contributed by atoms with Crippen molar-refractivity contribution in [1.82, 2.24) is 19.5 Å². The average Bonchev–Trinajstić information content (AvgIpc) is 2.92. The number of thiazole rings is 1. The van der Waals surface area contributed by atoms with Gasteiger partial charge in [0.15, 0.2) is 0 Å². The summed E-state index contributed by atoms with van der Waals surface area (Å²) in [6.45, 7) is 8.96. The Balaban J connectivity index is 2.03. The minimum absolute atomic E-state index is 0.571. The number of aryl methyl sites for hydroxylation is 5. The number of hydrogen-bond donors (Lipinski definition) is 1. The van der Waals surface area contributed by atoms with Gasteiger partial charge in [-0.15, -0.1) is 11.3 Å². The van der Waals surface area contributed by atoms with E-state index < -0.39 is 0 Å². The number of nitrogen functional groups attached to an aromatic ring is 1. The summed E-state index contributed by atoms with van der Waals surface area (Å²) in [5.41, 5.74) is 10.5. The smallest absolute Gasteiger partial charge is 0.146 e. The topological polar surface area (TPSA) is 69.6 Å². The van der Waals surface area contributed by atoms with E-state index in [9.17, 15) is 0 Å². The Morgan fingerprint density at radius 1 is 1.14 bits per heavy atom. The van der Waals surface area contributed by atoms with Crippen molar-refractivity contribution in [2.75, 3.05) is 5.73 Å². The highest BCUT2D eigenvalue weighted by Crippen LogP contribution is 2.28. The first kappa shape index (κ1) is 14.0. The van der Waals surface area contributed by atoms with Gasteiger partial charge in [0.1, 0.15) is 17.3 Å². The van der Waals surface area contributed by atoms with Crippen LogP contribution in [0.4, 0.5) is 5.82 Å². The average molecular weight is 301 g/mol. The van der Waals surface area contributed by atoms with Crippen molar-refractivity contribution < 1.29 is 0 Å². The predicted molar refractivity (Wildman–Crippen MR) is 86.7 cm³/mol. The highest BCUT2D eigenvalue weighted by atomic mass is 32.1. The van der Waals surface area contributed by atoms with Gasteiger partial charge in [0, 0.05) is 24.0 Å². The summed E-state index contributed by atoms with van der Waals surface area (Å²) >= 11 is 1.69. The van der Waals surface area contributed by atoms with E-state index in [0.717, 1.165) is 40.3 Å². The van der Waals surface area contributed by atoms with Gasteiger partial charge in [-0.25, -0.2) is 15.0 Å². The van der Waals surface area contributed by atoms with Crippen LogP contribution in [0.5, 0.6) is 0 Å². The summed E-state index contributed by atoms with van der Waals surface area (Å²) in [5.74, 6) is 1.28. The molecule has 21 heavy (non-hydrogen) atoms. The zero-order valence-corrected chi connectivity index (χ0v) is 13.6. The van der Waals surface area contributed by atoms with Crippen molar-refractivity contribution in [2.24, 2.45) is 0 Å². The van der Waals surface area contributed by atoms with Gasteiger partial charge in [-0.05, 0) is 33.3 Å². The molecule has 0 aliphatic heterocycles. The van der Waals surface area contributed by atoms with Gasteiger partial charge in [-0.3, -0.25) is 0 Å². The number of nitrogens with zero attached hydrogens (tertiary/aromatic N) is 4. The van der Waals surface area contributed by atoms with E-state index in [1.807, 2.05) is 13.8 Å². The van der Waals surface area contributed by atoms with Crippen LogP contribution < -0.4 is 5.73 Å². The second kappa shape index (κ2) is 5.11. The number of nitrogens with two attached hydrogens (primary N) is 1. The first-order chi connectivity index (χ1) is 9.97. The molecule has 0 unspecified atom stereocenters. The van der Waals surface area contributed by atoms with Crippen molar-refractivity contribution in [1.29, 1.82) is 0 Å². The molecule has 0 saturated carbocycles. The van der Waals surface area contributed by atoms with Crippen molar-refractivity contribution in [3.8, 4) is 0 Å². The molecule has 0 aromatic carbocycles. The van der Waals surface area contributed by atoms with E-state index >= 15 is 0 Å². The SMILES string of the molecule is Cc1nc(N)c2c(C)c(C)n(CCc3csc(C)n3)c2n1. The molecule has 110 valence electrons. The van der Waals surface area contributed by atoms with E-state index in [4.69, 9.17) is 5.73 Å². The molecule has 0 spiro atoms. The maximum atomic E-state index is 6.08. The molecule has 0 aliphatic carbocycles. The fourth-order valence-electron chi connectivity index (χ4n) is 2.70. The number of anilines is 1. The van der Waals surface area contributed by atoms with Gasteiger partial charge < -0.3 is 10.3 Å². The molecule has 0 fully saturated rings. The lowest BCUT2D eigenvalue weighted by Gasteiger charge is -2.07. The highest BCUT2D eigenvalue weighted by molar-refractivity contribution is 7.09. The largest absolute Gasteiger partial charge is 0.383 e. The summed E-state index contributed by atoms with van der Waals surface area (Å²) in [6.07, 6.45) is 0.900. The van der Waals surface area contributed by atoms with Crippen LogP contribution in [0.1, 0.15) is 27.8 Å². The minimum Gasteiger partial charge on any atom is -0.383 e. The Morgan fingerprint density at radius 3 is 2.57 bits per heavy atom. The maximum absolute atomic E-state index is 6.08. The predicted octanol–water partition coefficient (Wildman–Crippen LogP) is 2.95. The molecular weight excluding hydrogens is 282 g/mol. The molecule has 0 radical (unpaired) electrons. The third-order valence-corrected chi connectivity index (χ3v) is 4.69. The fourth-order valence-corrected chi connectivity index (χ4v) is 3.35. The van der Waals surface area contributed by atoms with E-state index in [1.165, 1.54) is 5.69 Å². The van der Waals surface area contributed by atoms with E-state index in [2.05, 4.69) is 38.7 Å². The van der Waals surface area contributed by atoms with Gasteiger partial charge >= 0.3 is 0 Å². The number of fused-ring (bicyclic) bond motifs is 1. The molecule has 3 aromatic heterocycles. The summed E-state index contributed by atoms with van der Waals surface area (Å²) in [7, 11) is 0. The summed E-state index contributed by atoms with van der Waals surface area (Å²) in [5, 5.41) is 4.21. The van der Waals surface area contributed by atoms with Gasteiger partial charge in [-0.1, -0.05) is 0 Å². The standard InChI is InChI=1S/C15H19N5S/c1-8-9(2)20(6-5-12-7-21-11(4)19-12)15-13(8)14(16)17-10(3)18-15/h7H,5-6H2,1-4H3,(H2,16,17,18). The molecule has 3 heterocycles. The monoisotopic (exact) mass is 301 g/mol. The van der Waals surface area contributed by atoms with Crippen molar-refractivity contribution in [3.05, 3.63) is 33.2 Å². The maximum Gasteiger partial charge on any atom is 0.146 e. The number of rotatable bonds is 3. The lowest BCUT2D eigenvalue weighted by Crippen LogP contribution is -2.06. The Kier molecular flexibility index (Phi) is 3.41. The second-order valence-corrected chi connectivity index (χ2v) is 6.39. The molecule has 6 heteroatoms. The normalized spacial score (nSPS) is 11.4. The minimum atomic E-state index is 0.571. The van der Waals surface area contributed by atoms with Crippen LogP contribution in [-0.2, 0) is 13.0 Å². The second-order valence-electron chi connectivity index (χ2n) is 5.32. The molecule has 3 rings (SSSR count). The molecule has 0 bridgehead atoms. The number of hydrogen-bond acceptors (Lipinski definition) is 5. The van der Waals surface area contributed by atoms with E-state index in [1.54, 1.807) is 11.3 Å². The van der Waals surface area contributed by atoms with Crippen LogP contribution in [0.25, 0.3) is 11.0 Å². The van der Waals surface area contributed by atoms with Crippen molar-refractivity contribution in [3.63, 3.8) is 0 Å². The molecule has 0 saturated heterocycles. The lowest BCUT2D eigenvalue weighted by molar-refractivity contribution is 0.684. The molecular formula is C15H19N5S. The van der Waals surface area contributed by atoms with Gasteiger partial charge in [0.25, 0.3) is 0 Å². The van der Waals surface area contributed by atoms with Crippen LogP contribution in [0.2, 0.25) is 0 Å². The Hall–Kier alpha value is -1.95. The van der Waals surface area contributed by atoms with E-state index in [0.29, 0.717) is 11.6 Å². The Bertz CT molecular complexity index is 815. The van der Waals surface area contributed by atoms with Crippen LogP contribution in [0, 0.1) is 27.7 Å². The molecule has 0 atom stereocenters. The molecule has 5 nitrogen and oxygen atoms in total. The fraction of sp³-hybridized carbons (Fsp3) is 0.400. The first-order valence-electron chi connectivity index (χ1n) is 6.98. The molecule has 0 amide bonds. The summed E-state index contributed by atoms with van der Waals surface area (Å²) in [6, 6.07) is 0. The zero-order chi connectivity index (χ0) is 15.1. The van der Waals surface area contributed by atoms with Crippen molar-refractivity contribution in [2.45, 2.75) is 40.7 Å². The quantitative estimate of drug-likeness (QED) is 0.807. The first-order valence-corrected chi connectivity index (χ1v) is 7.86. The van der Waals surface area contributed by atoms with Gasteiger partial charge in [-0.2, -0.15) is 0 Å². The van der Waals surface area contributed by atoms with Crippen molar-refractivity contribution >= 4 is 28.2 Å². The third kappa shape index (κ3) is 2.40. The van der Waals surface area contributed by atoms with Crippen LogP contribution in [0.15, 0.2) is 5.38 Å². The summed E-state index contributed by atoms with van der Waals surface area (Å²) < 4.78 is 2.23. The molecule has 2 N–H and O–H groups in total. The van der Waals surface area contributed by atoms with Gasteiger partial charge in [0.05, 0.1) is 16.1 Å². The highest BCUT2D eigenvalue weighted by Gasteiger charge is 2.16.